The van der Waals surface area contributed by atoms with Gasteiger partial charge in [0.1, 0.15) is 16.4 Å². The maximum Gasteiger partial charge on any atom is 0.410 e. The van der Waals surface area contributed by atoms with Crippen molar-refractivity contribution in [3.8, 4) is 10.6 Å². The lowest BCUT2D eigenvalue weighted by atomic mass is 10.2. The minimum absolute atomic E-state index is 0.0571. The number of amides is 1. The van der Waals surface area contributed by atoms with Gasteiger partial charge in [-0.1, -0.05) is 0 Å². The second-order valence-corrected chi connectivity index (χ2v) is 9.32. The number of nitro benzene ring substituents is 1. The van der Waals surface area contributed by atoms with E-state index in [2.05, 4.69) is 14.9 Å². The lowest BCUT2D eigenvalue weighted by Crippen LogP contribution is -2.50. The van der Waals surface area contributed by atoms with Gasteiger partial charge in [0.25, 0.3) is 5.69 Å². The summed E-state index contributed by atoms with van der Waals surface area (Å²) in [5.41, 5.74) is 1.14. The van der Waals surface area contributed by atoms with Gasteiger partial charge in [-0.25, -0.2) is 14.8 Å². The number of hydrogen-bond donors (Lipinski definition) is 0. The molecule has 0 atom stereocenters. The number of nitrogens with zero attached hydrogens (tertiary/aromatic N) is 5. The monoisotopic (exact) mass is 441 g/mol. The van der Waals surface area contributed by atoms with E-state index in [0.29, 0.717) is 26.2 Å². The van der Waals surface area contributed by atoms with Crippen molar-refractivity contribution in [3.63, 3.8) is 0 Å². The number of hydrogen-bond acceptors (Lipinski definition) is 8. The molecular weight excluding hydrogens is 418 g/mol. The molecule has 3 aromatic rings. The predicted molar refractivity (Wildman–Crippen MR) is 120 cm³/mol. The van der Waals surface area contributed by atoms with Crippen LogP contribution in [0.15, 0.2) is 36.5 Å². The predicted octanol–water partition coefficient (Wildman–Crippen LogP) is 4.32. The van der Waals surface area contributed by atoms with Crippen LogP contribution >= 0.6 is 11.3 Å². The summed E-state index contributed by atoms with van der Waals surface area (Å²) in [5.74, 6) is 0.837. The third-order valence-electron chi connectivity index (χ3n) is 4.83. The van der Waals surface area contributed by atoms with E-state index in [0.717, 1.165) is 26.6 Å². The molecule has 1 amide bonds. The summed E-state index contributed by atoms with van der Waals surface area (Å²) in [6.45, 7) is 8.09. The number of non-ortho nitro benzene ring substituents is 1. The first-order valence-corrected chi connectivity index (χ1v) is 10.8. The number of rotatable bonds is 3. The molecular formula is C21H23N5O4S. The van der Waals surface area contributed by atoms with Crippen molar-refractivity contribution < 1.29 is 14.5 Å². The van der Waals surface area contributed by atoms with Crippen LogP contribution in [0.2, 0.25) is 0 Å². The normalized spacial score (nSPS) is 14.7. The maximum absolute atomic E-state index is 12.2. The third kappa shape index (κ3) is 4.74. The lowest BCUT2D eigenvalue weighted by Gasteiger charge is -2.36. The Labute approximate surface area is 183 Å². The summed E-state index contributed by atoms with van der Waals surface area (Å²) in [7, 11) is 0. The van der Waals surface area contributed by atoms with Gasteiger partial charge in [0, 0.05) is 50.1 Å². The van der Waals surface area contributed by atoms with E-state index in [1.54, 1.807) is 23.2 Å². The zero-order valence-electron chi connectivity index (χ0n) is 17.6. The quantitative estimate of drug-likeness (QED) is 0.440. The highest BCUT2D eigenvalue weighted by molar-refractivity contribution is 7.21. The first kappa shape index (κ1) is 21.0. The number of pyridine rings is 1. The van der Waals surface area contributed by atoms with Gasteiger partial charge in [0.15, 0.2) is 0 Å². The smallest absolute Gasteiger partial charge is 0.410 e. The highest BCUT2D eigenvalue weighted by atomic mass is 32.1. The van der Waals surface area contributed by atoms with Gasteiger partial charge in [-0.15, -0.1) is 11.3 Å². The largest absolute Gasteiger partial charge is 0.444 e. The Morgan fingerprint density at radius 2 is 1.90 bits per heavy atom. The van der Waals surface area contributed by atoms with Crippen molar-refractivity contribution in [2.45, 2.75) is 26.4 Å². The standard InChI is InChI=1S/C21H23N5O4S/c1-21(2,3)30-20(27)25-10-8-24(9-11-25)18-7-4-14(13-22-18)19-23-16-6-5-15(26(28)29)12-17(16)31-19/h4-7,12-13H,8-11H2,1-3H3. The molecule has 0 spiro atoms. The lowest BCUT2D eigenvalue weighted by molar-refractivity contribution is -0.384. The van der Waals surface area contributed by atoms with Crippen LogP contribution in [-0.2, 0) is 4.74 Å². The first-order valence-electron chi connectivity index (χ1n) is 9.94. The number of ether oxygens (including phenoxy) is 1. The maximum atomic E-state index is 12.2. The van der Waals surface area contributed by atoms with E-state index < -0.39 is 10.5 Å². The average molecular weight is 442 g/mol. The molecule has 162 valence electrons. The van der Waals surface area contributed by atoms with Crippen LogP contribution in [0.1, 0.15) is 20.8 Å². The van der Waals surface area contributed by atoms with Gasteiger partial charge in [0.2, 0.25) is 0 Å². The molecule has 2 aromatic heterocycles. The highest BCUT2D eigenvalue weighted by Crippen LogP contribution is 2.32. The molecule has 0 unspecified atom stereocenters. The third-order valence-corrected chi connectivity index (χ3v) is 5.90. The molecule has 0 bridgehead atoms. The van der Waals surface area contributed by atoms with Gasteiger partial charge in [-0.2, -0.15) is 0 Å². The van der Waals surface area contributed by atoms with Crippen LogP contribution in [0.25, 0.3) is 20.8 Å². The van der Waals surface area contributed by atoms with Crippen molar-refractivity contribution in [3.05, 3.63) is 46.6 Å². The molecule has 9 nitrogen and oxygen atoms in total. The van der Waals surface area contributed by atoms with E-state index in [1.165, 1.54) is 17.4 Å². The van der Waals surface area contributed by atoms with Gasteiger partial charge < -0.3 is 14.5 Å². The number of thiazole rings is 1. The Hall–Kier alpha value is -3.27. The van der Waals surface area contributed by atoms with Crippen molar-refractivity contribution >= 4 is 39.2 Å². The summed E-state index contributed by atoms with van der Waals surface area (Å²) in [6, 6.07) is 8.56. The Bertz CT molecular complexity index is 1110. The second-order valence-electron chi connectivity index (χ2n) is 8.29. The molecule has 3 heterocycles. The topological polar surface area (TPSA) is 102 Å². The molecule has 0 saturated carbocycles. The number of anilines is 1. The number of carbonyl (C=O) groups excluding carboxylic acids is 1. The van der Waals surface area contributed by atoms with E-state index in [4.69, 9.17) is 4.74 Å². The Balaban J connectivity index is 1.43. The Morgan fingerprint density at radius 1 is 1.16 bits per heavy atom. The molecule has 0 N–H and O–H groups in total. The second kappa shape index (κ2) is 8.10. The zero-order valence-corrected chi connectivity index (χ0v) is 18.4. The average Bonchev–Trinajstić information content (AvgIpc) is 3.16. The number of aromatic nitrogens is 2. The van der Waals surface area contributed by atoms with Gasteiger partial charge in [0.05, 0.1) is 15.1 Å². The van der Waals surface area contributed by atoms with Gasteiger partial charge in [-0.05, 0) is 39.0 Å². The van der Waals surface area contributed by atoms with Gasteiger partial charge in [-0.3, -0.25) is 10.1 Å². The van der Waals surface area contributed by atoms with E-state index in [9.17, 15) is 14.9 Å². The molecule has 0 radical (unpaired) electrons. The van der Waals surface area contributed by atoms with Crippen LogP contribution in [-0.4, -0.2) is 57.7 Å². The molecule has 1 aliphatic rings. The summed E-state index contributed by atoms with van der Waals surface area (Å²) < 4.78 is 6.21. The summed E-state index contributed by atoms with van der Waals surface area (Å²) >= 11 is 1.40. The summed E-state index contributed by atoms with van der Waals surface area (Å²) in [5, 5.41) is 11.7. The van der Waals surface area contributed by atoms with Crippen molar-refractivity contribution in [1.82, 2.24) is 14.9 Å². The molecule has 31 heavy (non-hydrogen) atoms. The van der Waals surface area contributed by atoms with Crippen molar-refractivity contribution in [2.75, 3.05) is 31.1 Å². The van der Waals surface area contributed by atoms with Crippen molar-refractivity contribution in [1.29, 1.82) is 0 Å². The fourth-order valence-electron chi connectivity index (χ4n) is 3.29. The Kier molecular flexibility index (Phi) is 5.48. The molecule has 4 rings (SSSR count). The number of carbonyl (C=O) groups is 1. The van der Waals surface area contributed by atoms with Crippen LogP contribution in [0.4, 0.5) is 16.3 Å². The minimum Gasteiger partial charge on any atom is -0.444 e. The van der Waals surface area contributed by atoms with Crippen LogP contribution < -0.4 is 4.90 Å². The fourth-order valence-corrected chi connectivity index (χ4v) is 4.28. The number of benzene rings is 1. The molecule has 10 heteroatoms. The molecule has 1 fully saturated rings. The van der Waals surface area contributed by atoms with Crippen LogP contribution in [0.5, 0.6) is 0 Å². The minimum atomic E-state index is -0.503. The molecule has 1 saturated heterocycles. The number of piperazine rings is 1. The summed E-state index contributed by atoms with van der Waals surface area (Å²) in [6.07, 6.45) is 1.48. The molecule has 0 aliphatic carbocycles. The summed E-state index contributed by atoms with van der Waals surface area (Å²) in [4.78, 5) is 35.8. The SMILES string of the molecule is CC(C)(C)OC(=O)N1CCN(c2ccc(-c3nc4ccc([N+](=O)[O-])cc4s3)cn2)CC1. The fraction of sp³-hybridized carbons (Fsp3) is 0.381. The van der Waals surface area contributed by atoms with Crippen molar-refractivity contribution in [2.24, 2.45) is 0 Å². The van der Waals surface area contributed by atoms with Crippen LogP contribution in [0, 0.1) is 10.1 Å². The molecule has 1 aliphatic heterocycles. The van der Waals surface area contributed by atoms with Gasteiger partial charge >= 0.3 is 6.09 Å². The van der Waals surface area contributed by atoms with Crippen LogP contribution in [0.3, 0.4) is 0 Å². The number of nitro groups is 1. The van der Waals surface area contributed by atoms with E-state index in [1.807, 2.05) is 32.9 Å². The highest BCUT2D eigenvalue weighted by Gasteiger charge is 2.26. The number of fused-ring (bicyclic) bond motifs is 1. The Morgan fingerprint density at radius 3 is 2.52 bits per heavy atom. The zero-order chi connectivity index (χ0) is 22.2. The molecule has 1 aromatic carbocycles. The first-order chi connectivity index (χ1) is 14.7. The van der Waals surface area contributed by atoms with E-state index >= 15 is 0 Å². The van der Waals surface area contributed by atoms with E-state index in [-0.39, 0.29) is 11.8 Å².